The van der Waals surface area contributed by atoms with Crippen LogP contribution in [0.4, 0.5) is 0 Å². The largest absolute Gasteiger partial charge is 0.505 e. The number of phenols is 1. The van der Waals surface area contributed by atoms with Gasteiger partial charge in [-0.15, -0.1) is 0 Å². The molecule has 0 aromatic heterocycles. The Kier molecular flexibility index (Phi) is 8.47. The minimum Gasteiger partial charge on any atom is -0.505 e. The first-order valence-electron chi connectivity index (χ1n) is 3.37. The molecule has 0 unspecified atom stereocenters. The smallest absolute Gasteiger partial charge is 0.300 e. The van der Waals surface area contributed by atoms with E-state index in [9.17, 15) is 0 Å². The molecule has 4 N–H and O–H groups in total. The fourth-order valence-corrected chi connectivity index (χ4v) is 1.35. The molecule has 0 aliphatic carbocycles. The third-order valence-electron chi connectivity index (χ3n) is 0.982. The van der Waals surface area contributed by atoms with Gasteiger partial charge in [-0.3, -0.25) is 4.79 Å². The number of aliphatic carboxylic acids is 1. The maximum Gasteiger partial charge on any atom is 0.300 e. The molecule has 0 radical (unpaired) electrons. The first kappa shape index (κ1) is 16.7. The van der Waals surface area contributed by atoms with Crippen molar-refractivity contribution in [3.05, 3.63) is 27.2 Å². The van der Waals surface area contributed by atoms with Crippen LogP contribution in [0.25, 0.3) is 0 Å². The molecule has 4 nitrogen and oxygen atoms in total. The predicted molar refractivity (Wildman–Crippen MR) is 60.1 cm³/mol. The van der Waals surface area contributed by atoms with E-state index in [4.69, 9.17) is 49.8 Å². The zero-order valence-electron chi connectivity index (χ0n) is 7.59. The van der Waals surface area contributed by atoms with Gasteiger partial charge in [-0.1, -0.05) is 34.8 Å². The highest BCUT2D eigenvalue weighted by Gasteiger charge is 2.03. The molecular weight excluding hydrogens is 266 g/mol. The molecule has 0 fully saturated rings. The van der Waals surface area contributed by atoms with Crippen LogP contribution in [0.5, 0.6) is 5.75 Å². The average Bonchev–Trinajstić information content (AvgIpc) is 1.98. The lowest BCUT2D eigenvalue weighted by Gasteiger charge is -1.98. The molecule has 0 atom stereocenters. The fraction of sp³-hybridized carbons (Fsp3) is 0.125. The summed E-state index contributed by atoms with van der Waals surface area (Å²) in [6.45, 7) is 1.08. The molecule has 0 saturated heterocycles. The Labute approximate surface area is 101 Å². The SMILES string of the molecule is CC(=O)O.O.Oc1c(Cl)cc(Cl)cc1Cl. The Morgan fingerprint density at radius 1 is 1.20 bits per heavy atom. The summed E-state index contributed by atoms with van der Waals surface area (Å²) >= 11 is 16.5. The molecule has 0 aliphatic rings. The summed E-state index contributed by atoms with van der Waals surface area (Å²) < 4.78 is 0. The summed E-state index contributed by atoms with van der Waals surface area (Å²) in [6.07, 6.45) is 0. The van der Waals surface area contributed by atoms with Crippen LogP contribution >= 0.6 is 34.8 Å². The molecule has 1 aromatic rings. The molecule has 0 spiro atoms. The molecule has 1 rings (SSSR count). The van der Waals surface area contributed by atoms with Crippen LogP contribution in [0.1, 0.15) is 6.92 Å². The predicted octanol–water partition coefficient (Wildman–Crippen LogP) is 2.62. The highest BCUT2D eigenvalue weighted by atomic mass is 35.5. The molecule has 86 valence electrons. The van der Waals surface area contributed by atoms with Crippen LogP contribution in [-0.2, 0) is 4.79 Å². The maximum atomic E-state index is 9.01. The average molecular weight is 276 g/mol. The second-order valence-corrected chi connectivity index (χ2v) is 3.49. The number of hydrogen-bond donors (Lipinski definition) is 2. The van der Waals surface area contributed by atoms with E-state index in [1.54, 1.807) is 0 Å². The number of hydrogen-bond acceptors (Lipinski definition) is 2. The minimum absolute atomic E-state index is 0. The van der Waals surface area contributed by atoms with Gasteiger partial charge in [0, 0.05) is 11.9 Å². The van der Waals surface area contributed by atoms with Crippen molar-refractivity contribution in [2.24, 2.45) is 0 Å². The normalized spacial score (nSPS) is 8.27. The van der Waals surface area contributed by atoms with E-state index in [1.807, 2.05) is 0 Å². The number of aromatic hydroxyl groups is 1. The molecular formula is C8H9Cl3O4. The molecule has 0 bridgehead atoms. The van der Waals surface area contributed by atoms with Crippen molar-refractivity contribution in [2.45, 2.75) is 6.92 Å². The van der Waals surface area contributed by atoms with Gasteiger partial charge in [0.2, 0.25) is 0 Å². The molecule has 0 saturated carbocycles. The Hall–Kier alpha value is -0.680. The number of phenolic OH excluding ortho intramolecular Hbond substituents is 1. The van der Waals surface area contributed by atoms with E-state index in [0.717, 1.165) is 6.92 Å². The maximum absolute atomic E-state index is 9.01. The third-order valence-corrected chi connectivity index (χ3v) is 1.78. The van der Waals surface area contributed by atoms with Crippen LogP contribution in [0.3, 0.4) is 0 Å². The number of carboxylic acids is 1. The van der Waals surface area contributed by atoms with Crippen LogP contribution in [-0.4, -0.2) is 21.7 Å². The van der Waals surface area contributed by atoms with E-state index in [-0.39, 0.29) is 21.3 Å². The number of halogens is 3. The number of carbonyl (C=O) groups is 1. The quantitative estimate of drug-likeness (QED) is 0.762. The summed E-state index contributed by atoms with van der Waals surface area (Å²) in [5.74, 6) is -0.965. The van der Waals surface area contributed by atoms with Crippen molar-refractivity contribution in [1.29, 1.82) is 0 Å². The highest BCUT2D eigenvalue weighted by molar-refractivity contribution is 6.40. The molecule has 0 aliphatic heterocycles. The van der Waals surface area contributed by atoms with Crippen molar-refractivity contribution >= 4 is 40.8 Å². The van der Waals surface area contributed by atoms with Gasteiger partial charge in [-0.25, -0.2) is 0 Å². The van der Waals surface area contributed by atoms with Gasteiger partial charge in [0.05, 0.1) is 10.0 Å². The van der Waals surface area contributed by atoms with Gasteiger partial charge in [-0.05, 0) is 12.1 Å². The van der Waals surface area contributed by atoms with Crippen molar-refractivity contribution in [2.75, 3.05) is 0 Å². The van der Waals surface area contributed by atoms with Gasteiger partial charge in [0.1, 0.15) is 0 Å². The zero-order chi connectivity index (χ0) is 11.3. The number of rotatable bonds is 0. The molecule has 7 heteroatoms. The van der Waals surface area contributed by atoms with E-state index in [1.165, 1.54) is 12.1 Å². The Morgan fingerprint density at radius 2 is 1.47 bits per heavy atom. The molecule has 15 heavy (non-hydrogen) atoms. The van der Waals surface area contributed by atoms with Crippen LogP contribution in [0.15, 0.2) is 12.1 Å². The second kappa shape index (κ2) is 7.59. The topological polar surface area (TPSA) is 89.0 Å². The highest BCUT2D eigenvalue weighted by Crippen LogP contribution is 2.34. The lowest BCUT2D eigenvalue weighted by molar-refractivity contribution is -0.134. The van der Waals surface area contributed by atoms with Crippen molar-refractivity contribution < 1.29 is 20.5 Å². The van der Waals surface area contributed by atoms with Crippen molar-refractivity contribution in [1.82, 2.24) is 0 Å². The van der Waals surface area contributed by atoms with Gasteiger partial charge >= 0.3 is 0 Å². The first-order valence-corrected chi connectivity index (χ1v) is 4.51. The van der Waals surface area contributed by atoms with Gasteiger partial charge in [0.15, 0.2) is 5.75 Å². The third kappa shape index (κ3) is 7.27. The number of carboxylic acid groups (broad SMARTS) is 1. The zero-order valence-corrected chi connectivity index (χ0v) is 9.86. The van der Waals surface area contributed by atoms with Crippen LogP contribution in [0.2, 0.25) is 15.1 Å². The van der Waals surface area contributed by atoms with Crippen molar-refractivity contribution in [3.63, 3.8) is 0 Å². The van der Waals surface area contributed by atoms with Gasteiger partial charge < -0.3 is 15.7 Å². The van der Waals surface area contributed by atoms with E-state index < -0.39 is 5.97 Å². The van der Waals surface area contributed by atoms with E-state index >= 15 is 0 Å². The summed E-state index contributed by atoms with van der Waals surface area (Å²) in [6, 6.07) is 2.84. The molecule has 0 amide bonds. The van der Waals surface area contributed by atoms with Crippen LogP contribution < -0.4 is 0 Å². The summed E-state index contributed by atoms with van der Waals surface area (Å²) in [4.78, 5) is 9.00. The summed E-state index contributed by atoms with van der Waals surface area (Å²) in [7, 11) is 0. The first-order chi connectivity index (χ1) is 6.34. The second-order valence-electron chi connectivity index (χ2n) is 2.24. The molecule has 1 aromatic carbocycles. The number of benzene rings is 1. The summed E-state index contributed by atoms with van der Waals surface area (Å²) in [5.41, 5.74) is 0. The Bertz CT molecular complexity index is 314. The van der Waals surface area contributed by atoms with Crippen LogP contribution in [0, 0.1) is 0 Å². The van der Waals surface area contributed by atoms with E-state index in [0.29, 0.717) is 5.02 Å². The molecule has 0 heterocycles. The van der Waals surface area contributed by atoms with Gasteiger partial charge in [-0.2, -0.15) is 0 Å². The fourth-order valence-electron chi connectivity index (χ4n) is 0.535. The Balaban J connectivity index is 0. The minimum atomic E-state index is -0.833. The van der Waals surface area contributed by atoms with Gasteiger partial charge in [0.25, 0.3) is 5.97 Å². The lowest BCUT2D eigenvalue weighted by atomic mass is 10.3. The lowest BCUT2D eigenvalue weighted by Crippen LogP contribution is -1.78. The monoisotopic (exact) mass is 274 g/mol. The Morgan fingerprint density at radius 3 is 1.73 bits per heavy atom. The van der Waals surface area contributed by atoms with Crippen molar-refractivity contribution in [3.8, 4) is 5.75 Å². The van der Waals surface area contributed by atoms with E-state index in [2.05, 4.69) is 0 Å². The summed E-state index contributed by atoms with van der Waals surface area (Å²) in [5, 5.41) is 17.2. The standard InChI is InChI=1S/C6H3Cl3O.C2H4O2.H2O/c7-3-1-4(8)6(10)5(9)2-3;1-2(3)4;/h1-2,10H;1H3,(H,3,4);1H2.